The predicted molar refractivity (Wildman–Crippen MR) is 105 cm³/mol. The number of rotatable bonds is 5. The largest absolute Gasteiger partial charge is 0.496 e. The van der Waals surface area contributed by atoms with Gasteiger partial charge in [-0.2, -0.15) is 0 Å². The number of ether oxygens (including phenoxy) is 1. The van der Waals surface area contributed by atoms with E-state index in [-0.39, 0.29) is 0 Å². The van der Waals surface area contributed by atoms with Crippen LogP contribution in [0.1, 0.15) is 11.1 Å². The van der Waals surface area contributed by atoms with Gasteiger partial charge in [-0.15, -0.1) is 0 Å². The topological polar surface area (TPSA) is 15.7 Å². The molecule has 1 fully saturated rings. The molecule has 0 radical (unpaired) electrons. The van der Waals surface area contributed by atoms with E-state index in [4.69, 9.17) is 4.74 Å². The Bertz CT molecular complexity index is 685. The third-order valence-electron chi connectivity index (χ3n) is 4.38. The molecule has 0 unspecified atom stereocenters. The smallest absolute Gasteiger partial charge is 0.133 e. The first-order chi connectivity index (χ1) is 11.6. The summed E-state index contributed by atoms with van der Waals surface area (Å²) in [4.78, 5) is 5.05. The van der Waals surface area contributed by atoms with Crippen LogP contribution in [-0.2, 0) is 13.1 Å². The van der Waals surface area contributed by atoms with Gasteiger partial charge in [0, 0.05) is 43.7 Å². The Kier molecular flexibility index (Phi) is 6.33. The van der Waals surface area contributed by atoms with Gasteiger partial charge in [0.1, 0.15) is 5.75 Å². The van der Waals surface area contributed by atoms with Gasteiger partial charge in [-0.05, 0) is 51.3 Å². The zero-order valence-electron chi connectivity index (χ0n) is 13.8. The first kappa shape index (κ1) is 17.9. The van der Waals surface area contributed by atoms with Crippen molar-refractivity contribution in [2.75, 3.05) is 33.3 Å². The molecule has 1 heterocycles. The van der Waals surface area contributed by atoms with Crippen molar-refractivity contribution in [2.24, 2.45) is 0 Å². The van der Waals surface area contributed by atoms with Crippen LogP contribution in [0.5, 0.6) is 5.75 Å². The van der Waals surface area contributed by atoms with E-state index < -0.39 is 0 Å². The molecule has 0 saturated carbocycles. The van der Waals surface area contributed by atoms with E-state index >= 15 is 0 Å². The Morgan fingerprint density at radius 1 is 0.875 bits per heavy atom. The minimum absolute atomic E-state index is 0.887. The van der Waals surface area contributed by atoms with Crippen LogP contribution in [0.3, 0.4) is 0 Å². The van der Waals surface area contributed by atoms with Crippen molar-refractivity contribution in [3.8, 4) is 5.75 Å². The van der Waals surface area contributed by atoms with Gasteiger partial charge in [-0.1, -0.05) is 34.1 Å². The number of methoxy groups -OCH3 is 1. The van der Waals surface area contributed by atoms with Crippen LogP contribution in [0.2, 0.25) is 0 Å². The maximum absolute atomic E-state index is 5.30. The molecule has 1 saturated heterocycles. The fraction of sp³-hybridized carbons (Fsp3) is 0.368. The van der Waals surface area contributed by atoms with Crippen LogP contribution in [-0.4, -0.2) is 43.1 Å². The minimum atomic E-state index is 0.887. The van der Waals surface area contributed by atoms with E-state index in [1.807, 2.05) is 6.07 Å². The monoisotopic (exact) mass is 452 g/mol. The lowest BCUT2D eigenvalue weighted by molar-refractivity contribution is 0.122. The van der Waals surface area contributed by atoms with Crippen LogP contribution >= 0.6 is 31.9 Å². The van der Waals surface area contributed by atoms with E-state index in [2.05, 4.69) is 78.1 Å². The summed E-state index contributed by atoms with van der Waals surface area (Å²) in [6.45, 7) is 6.47. The molecular weight excluding hydrogens is 432 g/mol. The average Bonchev–Trinajstić information content (AvgIpc) is 2.57. The summed E-state index contributed by atoms with van der Waals surface area (Å²) >= 11 is 7.12. The lowest BCUT2D eigenvalue weighted by Crippen LogP contribution is -2.45. The maximum Gasteiger partial charge on any atom is 0.133 e. The van der Waals surface area contributed by atoms with Crippen molar-refractivity contribution in [2.45, 2.75) is 13.1 Å². The summed E-state index contributed by atoms with van der Waals surface area (Å²) in [6, 6.07) is 14.9. The van der Waals surface area contributed by atoms with Crippen molar-refractivity contribution in [3.05, 3.63) is 62.5 Å². The summed E-state index contributed by atoms with van der Waals surface area (Å²) in [7, 11) is 1.70. The van der Waals surface area contributed by atoms with Gasteiger partial charge >= 0.3 is 0 Å². The second kappa shape index (κ2) is 8.48. The van der Waals surface area contributed by atoms with Gasteiger partial charge in [0.05, 0.1) is 11.6 Å². The number of nitrogens with zero attached hydrogens (tertiary/aromatic N) is 2. The first-order valence-corrected chi connectivity index (χ1v) is 9.74. The molecule has 24 heavy (non-hydrogen) atoms. The second-order valence-corrected chi connectivity index (χ2v) is 7.92. The number of hydrogen-bond donors (Lipinski definition) is 0. The molecule has 3 rings (SSSR count). The first-order valence-electron chi connectivity index (χ1n) is 8.15. The Morgan fingerprint density at radius 2 is 1.50 bits per heavy atom. The van der Waals surface area contributed by atoms with Gasteiger partial charge < -0.3 is 4.74 Å². The molecular formula is C19H22Br2N2O. The summed E-state index contributed by atoms with van der Waals surface area (Å²) in [5.41, 5.74) is 2.69. The fourth-order valence-corrected chi connectivity index (χ4v) is 4.10. The van der Waals surface area contributed by atoms with Crippen molar-refractivity contribution in [1.82, 2.24) is 9.80 Å². The van der Waals surface area contributed by atoms with Crippen LogP contribution in [0.4, 0.5) is 0 Å². The van der Waals surface area contributed by atoms with Crippen molar-refractivity contribution in [1.29, 1.82) is 0 Å². The molecule has 3 nitrogen and oxygen atoms in total. The highest BCUT2D eigenvalue weighted by Gasteiger charge is 2.17. The van der Waals surface area contributed by atoms with Crippen molar-refractivity contribution in [3.63, 3.8) is 0 Å². The maximum atomic E-state index is 5.30. The number of halogens is 2. The summed E-state index contributed by atoms with van der Waals surface area (Å²) in [5.74, 6) is 0.887. The zero-order chi connectivity index (χ0) is 16.9. The van der Waals surface area contributed by atoms with Crippen molar-refractivity contribution < 1.29 is 4.74 Å². The van der Waals surface area contributed by atoms with Crippen molar-refractivity contribution >= 4 is 31.9 Å². The minimum Gasteiger partial charge on any atom is -0.496 e. The average molecular weight is 454 g/mol. The lowest BCUT2D eigenvalue weighted by Gasteiger charge is -2.34. The van der Waals surface area contributed by atoms with Gasteiger partial charge in [0.2, 0.25) is 0 Å². The van der Waals surface area contributed by atoms with E-state index in [9.17, 15) is 0 Å². The highest BCUT2D eigenvalue weighted by atomic mass is 79.9. The number of benzene rings is 2. The Balaban J connectivity index is 1.51. The summed E-state index contributed by atoms with van der Waals surface area (Å²) in [6.07, 6.45) is 0. The van der Waals surface area contributed by atoms with Gasteiger partial charge in [-0.3, -0.25) is 9.80 Å². The molecule has 0 spiro atoms. The molecule has 2 aromatic carbocycles. The Labute approximate surface area is 160 Å². The standard InChI is InChI=1S/C19H22Br2N2O/c1-24-19-6-5-16(12-18(19)21)14-23-9-7-22(8-10-23)13-15-3-2-4-17(20)11-15/h2-6,11-12H,7-10,13-14H2,1H3. The molecule has 0 aliphatic carbocycles. The van der Waals surface area contributed by atoms with Crippen LogP contribution in [0, 0.1) is 0 Å². The molecule has 128 valence electrons. The van der Waals surface area contributed by atoms with E-state index in [1.165, 1.54) is 11.1 Å². The highest BCUT2D eigenvalue weighted by Crippen LogP contribution is 2.26. The molecule has 2 aromatic rings. The Morgan fingerprint density at radius 3 is 2.04 bits per heavy atom. The van der Waals surface area contributed by atoms with E-state index in [0.717, 1.165) is 54.0 Å². The molecule has 0 amide bonds. The number of piperazine rings is 1. The molecule has 5 heteroatoms. The molecule has 1 aliphatic rings. The second-order valence-electron chi connectivity index (χ2n) is 6.15. The van der Waals surface area contributed by atoms with Crippen LogP contribution in [0.15, 0.2) is 51.4 Å². The van der Waals surface area contributed by atoms with Gasteiger partial charge in [0.25, 0.3) is 0 Å². The van der Waals surface area contributed by atoms with E-state index in [0.29, 0.717) is 0 Å². The highest BCUT2D eigenvalue weighted by molar-refractivity contribution is 9.10. The molecule has 0 atom stereocenters. The SMILES string of the molecule is COc1ccc(CN2CCN(Cc3cccc(Br)c3)CC2)cc1Br. The fourth-order valence-electron chi connectivity index (χ4n) is 3.07. The summed E-state index contributed by atoms with van der Waals surface area (Å²) < 4.78 is 7.48. The van der Waals surface area contributed by atoms with Crippen LogP contribution in [0.25, 0.3) is 0 Å². The lowest BCUT2D eigenvalue weighted by atomic mass is 10.1. The predicted octanol–water partition coefficient (Wildman–Crippen LogP) is 4.54. The van der Waals surface area contributed by atoms with Gasteiger partial charge in [0.15, 0.2) is 0 Å². The third-order valence-corrected chi connectivity index (χ3v) is 5.50. The Hall–Kier alpha value is -0.880. The quantitative estimate of drug-likeness (QED) is 0.660. The molecule has 0 bridgehead atoms. The third kappa shape index (κ3) is 4.82. The van der Waals surface area contributed by atoms with Crippen LogP contribution < -0.4 is 4.74 Å². The molecule has 0 N–H and O–H groups in total. The van der Waals surface area contributed by atoms with E-state index in [1.54, 1.807) is 7.11 Å². The number of hydrogen-bond acceptors (Lipinski definition) is 3. The van der Waals surface area contributed by atoms with Gasteiger partial charge in [-0.25, -0.2) is 0 Å². The molecule has 1 aliphatic heterocycles. The zero-order valence-corrected chi connectivity index (χ0v) is 17.0. The normalized spacial score (nSPS) is 16.3. The summed E-state index contributed by atoms with van der Waals surface area (Å²) in [5, 5.41) is 0. The molecule has 0 aromatic heterocycles.